The van der Waals surface area contributed by atoms with Gasteiger partial charge in [0.2, 0.25) is 0 Å². The number of carbonyl (C=O) groups is 1. The van der Waals surface area contributed by atoms with Crippen molar-refractivity contribution in [2.45, 2.75) is 26.0 Å². The molecule has 2 aromatic rings. The van der Waals surface area contributed by atoms with E-state index in [9.17, 15) is 4.79 Å². The first-order valence-corrected chi connectivity index (χ1v) is 8.10. The van der Waals surface area contributed by atoms with Crippen LogP contribution in [-0.4, -0.2) is 35.6 Å². The fourth-order valence-corrected chi connectivity index (χ4v) is 2.49. The van der Waals surface area contributed by atoms with E-state index in [1.54, 1.807) is 6.07 Å². The minimum Gasteiger partial charge on any atom is -0.489 e. The molecule has 0 aliphatic heterocycles. The van der Waals surface area contributed by atoms with Crippen LogP contribution >= 0.6 is 12.4 Å². The number of likely N-dealkylation sites (N-methyl/N-ethyl adjacent to an activating group) is 1. The Morgan fingerprint density at radius 3 is 2.54 bits per heavy atom. The SMILES string of the molecule is CC(Cc1ccc(OCc2cccc(C#N)c2)cc1)N(C)CC(=O)O.Cl. The lowest BCUT2D eigenvalue weighted by Gasteiger charge is -2.22. The molecular weight excluding hydrogens is 352 g/mol. The molecule has 2 rings (SSSR count). The maximum atomic E-state index is 10.8. The summed E-state index contributed by atoms with van der Waals surface area (Å²) in [5.74, 6) is -0.0591. The highest BCUT2D eigenvalue weighted by Gasteiger charge is 2.12. The quantitative estimate of drug-likeness (QED) is 0.765. The van der Waals surface area contributed by atoms with Crippen LogP contribution in [0.2, 0.25) is 0 Å². The lowest BCUT2D eigenvalue weighted by atomic mass is 10.1. The lowest BCUT2D eigenvalue weighted by molar-refractivity contribution is -0.138. The molecule has 1 atom stereocenters. The molecule has 0 spiro atoms. The molecule has 0 saturated carbocycles. The molecule has 0 aliphatic rings. The van der Waals surface area contributed by atoms with E-state index in [2.05, 4.69) is 6.07 Å². The van der Waals surface area contributed by atoms with Gasteiger partial charge in [0, 0.05) is 6.04 Å². The lowest BCUT2D eigenvalue weighted by Crippen LogP contribution is -2.35. The fourth-order valence-electron chi connectivity index (χ4n) is 2.49. The normalized spacial score (nSPS) is 11.3. The summed E-state index contributed by atoms with van der Waals surface area (Å²) in [6.07, 6.45) is 0.772. The standard InChI is InChI=1S/C20H22N2O3.ClH/c1-15(22(2)13-20(23)24)10-16-6-8-19(9-7-16)25-14-18-5-3-4-17(11-18)12-21;/h3-9,11,15H,10,13-14H2,1-2H3,(H,23,24);1H. The van der Waals surface area contributed by atoms with Crippen LogP contribution in [0, 0.1) is 11.3 Å². The number of carboxylic acids is 1. The van der Waals surface area contributed by atoms with E-state index in [1.165, 1.54) is 0 Å². The van der Waals surface area contributed by atoms with Gasteiger partial charge in [-0.25, -0.2) is 0 Å². The number of hydrogen-bond acceptors (Lipinski definition) is 4. The molecule has 26 heavy (non-hydrogen) atoms. The molecule has 0 amide bonds. The van der Waals surface area contributed by atoms with E-state index in [-0.39, 0.29) is 25.0 Å². The van der Waals surface area contributed by atoms with Gasteiger partial charge in [-0.1, -0.05) is 24.3 Å². The van der Waals surface area contributed by atoms with E-state index in [1.807, 2.05) is 61.3 Å². The minimum absolute atomic E-state index is 0. The van der Waals surface area contributed by atoms with Crippen molar-refractivity contribution < 1.29 is 14.6 Å². The Kier molecular flexibility index (Phi) is 8.63. The molecule has 0 radical (unpaired) electrons. The Balaban J connectivity index is 0.00000338. The number of benzene rings is 2. The topological polar surface area (TPSA) is 73.6 Å². The zero-order chi connectivity index (χ0) is 18.2. The van der Waals surface area contributed by atoms with Crippen LogP contribution in [0.15, 0.2) is 48.5 Å². The van der Waals surface area contributed by atoms with Gasteiger partial charge >= 0.3 is 5.97 Å². The number of ether oxygens (including phenoxy) is 1. The third-order valence-electron chi connectivity index (χ3n) is 4.05. The first-order chi connectivity index (χ1) is 12.0. The molecule has 0 aromatic heterocycles. The summed E-state index contributed by atoms with van der Waals surface area (Å²) in [5.41, 5.74) is 2.70. The monoisotopic (exact) mass is 374 g/mol. The summed E-state index contributed by atoms with van der Waals surface area (Å²) in [6, 6.07) is 17.4. The van der Waals surface area contributed by atoms with Crippen LogP contribution in [0.1, 0.15) is 23.6 Å². The van der Waals surface area contributed by atoms with Crippen molar-refractivity contribution in [3.8, 4) is 11.8 Å². The molecule has 2 aromatic carbocycles. The molecule has 1 unspecified atom stereocenters. The van der Waals surface area contributed by atoms with Crippen molar-refractivity contribution in [1.82, 2.24) is 4.90 Å². The van der Waals surface area contributed by atoms with Crippen molar-refractivity contribution in [3.05, 3.63) is 65.2 Å². The summed E-state index contributed by atoms with van der Waals surface area (Å²) in [5, 5.41) is 17.8. The Labute approximate surface area is 160 Å². The number of carboxylic acid groups (broad SMARTS) is 1. The minimum atomic E-state index is -0.821. The van der Waals surface area contributed by atoms with Gasteiger partial charge in [0.05, 0.1) is 18.2 Å². The van der Waals surface area contributed by atoms with Gasteiger partial charge in [-0.05, 0) is 55.8 Å². The first-order valence-electron chi connectivity index (χ1n) is 8.10. The Morgan fingerprint density at radius 2 is 1.92 bits per heavy atom. The third-order valence-corrected chi connectivity index (χ3v) is 4.05. The Hall–Kier alpha value is -2.55. The number of hydrogen-bond donors (Lipinski definition) is 1. The summed E-state index contributed by atoms with van der Waals surface area (Å²) in [4.78, 5) is 12.6. The summed E-state index contributed by atoms with van der Waals surface area (Å²) < 4.78 is 5.75. The molecule has 138 valence electrons. The van der Waals surface area contributed by atoms with Crippen molar-refractivity contribution >= 4 is 18.4 Å². The van der Waals surface area contributed by atoms with Crippen LogP contribution in [0.5, 0.6) is 5.75 Å². The maximum absolute atomic E-state index is 10.8. The third kappa shape index (κ3) is 6.75. The maximum Gasteiger partial charge on any atom is 0.317 e. The van der Waals surface area contributed by atoms with Crippen molar-refractivity contribution in [2.75, 3.05) is 13.6 Å². The molecule has 6 heteroatoms. The largest absolute Gasteiger partial charge is 0.489 e. The second-order valence-corrected chi connectivity index (χ2v) is 6.11. The smallest absolute Gasteiger partial charge is 0.317 e. The van der Waals surface area contributed by atoms with E-state index < -0.39 is 5.97 Å². The zero-order valence-corrected chi connectivity index (χ0v) is 15.7. The summed E-state index contributed by atoms with van der Waals surface area (Å²) >= 11 is 0. The predicted octanol–water partition coefficient (Wildman–Crippen LogP) is 3.51. The van der Waals surface area contributed by atoms with E-state index in [4.69, 9.17) is 15.1 Å². The molecule has 0 saturated heterocycles. The number of aliphatic carboxylic acids is 1. The van der Waals surface area contributed by atoms with Gasteiger partial charge in [0.25, 0.3) is 0 Å². The highest BCUT2D eigenvalue weighted by atomic mass is 35.5. The summed E-state index contributed by atoms with van der Waals surface area (Å²) in [6.45, 7) is 2.45. The van der Waals surface area contributed by atoms with Crippen molar-refractivity contribution in [3.63, 3.8) is 0 Å². The highest BCUT2D eigenvalue weighted by Crippen LogP contribution is 2.16. The molecular formula is C20H23ClN2O3. The molecule has 1 N–H and O–H groups in total. The average molecular weight is 375 g/mol. The van der Waals surface area contributed by atoms with E-state index in [0.29, 0.717) is 12.2 Å². The van der Waals surface area contributed by atoms with Gasteiger partial charge in [0.15, 0.2) is 0 Å². The van der Waals surface area contributed by atoms with Crippen molar-refractivity contribution in [1.29, 1.82) is 5.26 Å². The second-order valence-electron chi connectivity index (χ2n) is 6.11. The van der Waals surface area contributed by atoms with Crippen LogP contribution in [-0.2, 0) is 17.8 Å². The summed E-state index contributed by atoms with van der Waals surface area (Å²) in [7, 11) is 1.81. The van der Waals surface area contributed by atoms with Gasteiger partial charge in [-0.3, -0.25) is 9.69 Å². The first kappa shape index (κ1) is 21.5. The highest BCUT2D eigenvalue weighted by molar-refractivity contribution is 5.85. The molecule has 0 heterocycles. The Bertz CT molecular complexity index is 756. The Morgan fingerprint density at radius 1 is 1.23 bits per heavy atom. The van der Waals surface area contributed by atoms with Crippen LogP contribution in [0.4, 0.5) is 0 Å². The average Bonchev–Trinajstić information content (AvgIpc) is 2.60. The molecule has 5 nitrogen and oxygen atoms in total. The van der Waals surface area contributed by atoms with E-state index in [0.717, 1.165) is 23.3 Å². The van der Waals surface area contributed by atoms with Crippen molar-refractivity contribution in [2.24, 2.45) is 0 Å². The second kappa shape index (κ2) is 10.4. The van der Waals surface area contributed by atoms with E-state index >= 15 is 0 Å². The fraction of sp³-hybridized carbons (Fsp3) is 0.300. The van der Waals surface area contributed by atoms with Crippen LogP contribution < -0.4 is 4.74 Å². The molecule has 0 fully saturated rings. The number of rotatable bonds is 8. The van der Waals surface area contributed by atoms with Gasteiger partial charge in [0.1, 0.15) is 12.4 Å². The molecule has 0 aliphatic carbocycles. The van der Waals surface area contributed by atoms with Gasteiger partial charge in [-0.2, -0.15) is 5.26 Å². The van der Waals surface area contributed by atoms with Crippen LogP contribution in [0.25, 0.3) is 0 Å². The predicted molar refractivity (Wildman–Crippen MR) is 103 cm³/mol. The molecule has 0 bridgehead atoms. The van der Waals surface area contributed by atoms with Gasteiger partial charge < -0.3 is 9.84 Å². The zero-order valence-electron chi connectivity index (χ0n) is 14.9. The van der Waals surface area contributed by atoms with Gasteiger partial charge in [-0.15, -0.1) is 12.4 Å². The number of nitriles is 1. The number of halogens is 1. The van der Waals surface area contributed by atoms with Crippen LogP contribution in [0.3, 0.4) is 0 Å². The number of nitrogens with zero attached hydrogens (tertiary/aromatic N) is 2.